The van der Waals surface area contributed by atoms with Crippen molar-refractivity contribution in [1.82, 2.24) is 0 Å². The van der Waals surface area contributed by atoms with Crippen molar-refractivity contribution in [3.63, 3.8) is 0 Å². The van der Waals surface area contributed by atoms with Crippen molar-refractivity contribution in [1.29, 1.82) is 0 Å². The number of rotatable bonds is 4. The van der Waals surface area contributed by atoms with Gasteiger partial charge >= 0.3 is 5.97 Å². The zero-order valence-corrected chi connectivity index (χ0v) is 12.3. The lowest BCUT2D eigenvalue weighted by atomic mass is 9.72. The summed E-state index contributed by atoms with van der Waals surface area (Å²) in [4.78, 5) is 10.9. The summed E-state index contributed by atoms with van der Waals surface area (Å²) < 4.78 is 0. The molecular formula is C16H24O2. The smallest absolute Gasteiger partial charge is 0.303 e. The molecule has 1 atom stereocenters. The highest BCUT2D eigenvalue weighted by atomic mass is 16.4. The first-order valence-electron chi connectivity index (χ1n) is 6.46. The number of carboxylic acids is 1. The summed E-state index contributed by atoms with van der Waals surface area (Å²) in [6.45, 7) is 12.6. The highest BCUT2D eigenvalue weighted by Crippen LogP contribution is 2.35. The van der Waals surface area contributed by atoms with E-state index >= 15 is 0 Å². The lowest BCUT2D eigenvalue weighted by Gasteiger charge is -2.32. The molecular weight excluding hydrogens is 224 g/mol. The highest BCUT2D eigenvalue weighted by Gasteiger charge is 2.30. The van der Waals surface area contributed by atoms with E-state index in [0.29, 0.717) is 0 Å². The molecule has 1 rings (SSSR count). The summed E-state index contributed by atoms with van der Waals surface area (Å²) in [5, 5.41) is 8.95. The van der Waals surface area contributed by atoms with E-state index in [4.69, 9.17) is 5.11 Å². The minimum Gasteiger partial charge on any atom is -0.481 e. The van der Waals surface area contributed by atoms with Crippen LogP contribution in [0.2, 0.25) is 0 Å². The maximum absolute atomic E-state index is 10.9. The zero-order chi connectivity index (χ0) is 14.1. The Hall–Kier alpha value is -1.31. The van der Waals surface area contributed by atoms with Gasteiger partial charge in [-0.3, -0.25) is 4.79 Å². The van der Waals surface area contributed by atoms with Crippen LogP contribution in [0.3, 0.4) is 0 Å². The molecule has 2 heteroatoms. The quantitative estimate of drug-likeness (QED) is 0.874. The molecule has 1 aromatic rings. The van der Waals surface area contributed by atoms with Gasteiger partial charge in [0, 0.05) is 6.42 Å². The second-order valence-electron chi connectivity index (χ2n) is 5.96. The van der Waals surface area contributed by atoms with Gasteiger partial charge in [0.15, 0.2) is 0 Å². The number of carboxylic acid groups (broad SMARTS) is 1. The molecule has 18 heavy (non-hydrogen) atoms. The van der Waals surface area contributed by atoms with Crippen molar-refractivity contribution in [2.45, 2.75) is 53.4 Å². The standard InChI is InChI=1S/C16H24O2/c1-10-7-14(8-11(2)13(10)4)16(5,6)12(3)9-15(17)18/h7-8,12H,9H2,1-6H3,(H,17,18). The van der Waals surface area contributed by atoms with Gasteiger partial charge in [0.2, 0.25) is 0 Å². The number of aliphatic carboxylic acids is 1. The van der Waals surface area contributed by atoms with Crippen LogP contribution in [-0.2, 0) is 10.2 Å². The third-order valence-electron chi connectivity index (χ3n) is 4.38. The minimum atomic E-state index is -0.726. The Labute approximate surface area is 110 Å². The van der Waals surface area contributed by atoms with Gasteiger partial charge < -0.3 is 5.11 Å². The fourth-order valence-electron chi connectivity index (χ4n) is 2.21. The average Bonchev–Trinajstić information content (AvgIpc) is 2.24. The molecule has 100 valence electrons. The first-order valence-corrected chi connectivity index (χ1v) is 6.46. The van der Waals surface area contributed by atoms with Crippen LogP contribution < -0.4 is 0 Å². The second kappa shape index (κ2) is 5.13. The van der Waals surface area contributed by atoms with Crippen LogP contribution in [0.25, 0.3) is 0 Å². The predicted octanol–water partition coefficient (Wildman–Crippen LogP) is 4.00. The molecule has 1 N–H and O–H groups in total. The third kappa shape index (κ3) is 2.92. The van der Waals surface area contributed by atoms with Crippen LogP contribution in [0, 0.1) is 26.7 Å². The molecule has 0 saturated carbocycles. The SMILES string of the molecule is Cc1cc(C(C)(C)C(C)CC(=O)O)cc(C)c1C. The summed E-state index contributed by atoms with van der Waals surface area (Å²) >= 11 is 0. The van der Waals surface area contributed by atoms with E-state index in [1.165, 1.54) is 22.3 Å². The van der Waals surface area contributed by atoms with Crippen LogP contribution in [0.15, 0.2) is 12.1 Å². The number of hydrogen-bond donors (Lipinski definition) is 1. The molecule has 0 heterocycles. The summed E-state index contributed by atoms with van der Waals surface area (Å²) in [5.74, 6) is -0.618. The van der Waals surface area contributed by atoms with Crippen molar-refractivity contribution in [2.24, 2.45) is 5.92 Å². The van der Waals surface area contributed by atoms with E-state index in [0.717, 1.165) is 0 Å². The summed E-state index contributed by atoms with van der Waals surface area (Å²) in [6.07, 6.45) is 0.207. The first kappa shape index (κ1) is 14.7. The largest absolute Gasteiger partial charge is 0.481 e. The number of aryl methyl sites for hydroxylation is 2. The van der Waals surface area contributed by atoms with Gasteiger partial charge in [-0.25, -0.2) is 0 Å². The minimum absolute atomic E-state index is 0.108. The monoisotopic (exact) mass is 248 g/mol. The Morgan fingerprint density at radius 2 is 1.67 bits per heavy atom. The van der Waals surface area contributed by atoms with E-state index in [1.54, 1.807) is 0 Å². The Morgan fingerprint density at radius 1 is 1.22 bits per heavy atom. The molecule has 1 unspecified atom stereocenters. The maximum Gasteiger partial charge on any atom is 0.303 e. The average molecular weight is 248 g/mol. The van der Waals surface area contributed by atoms with E-state index in [2.05, 4.69) is 46.8 Å². The third-order valence-corrected chi connectivity index (χ3v) is 4.38. The van der Waals surface area contributed by atoms with Crippen LogP contribution in [-0.4, -0.2) is 11.1 Å². The van der Waals surface area contributed by atoms with Gasteiger partial charge in [0.1, 0.15) is 0 Å². The van der Waals surface area contributed by atoms with Crippen LogP contribution in [0.5, 0.6) is 0 Å². The Morgan fingerprint density at radius 3 is 2.06 bits per heavy atom. The van der Waals surface area contributed by atoms with Gasteiger partial charge in [-0.1, -0.05) is 32.9 Å². The number of benzene rings is 1. The van der Waals surface area contributed by atoms with Crippen LogP contribution in [0.4, 0.5) is 0 Å². The predicted molar refractivity (Wildman–Crippen MR) is 75.1 cm³/mol. The van der Waals surface area contributed by atoms with Crippen molar-refractivity contribution in [2.75, 3.05) is 0 Å². The number of carbonyl (C=O) groups is 1. The molecule has 1 aromatic carbocycles. The van der Waals surface area contributed by atoms with E-state index in [-0.39, 0.29) is 17.8 Å². The summed E-state index contributed by atoms with van der Waals surface area (Å²) in [6, 6.07) is 4.39. The maximum atomic E-state index is 10.9. The van der Waals surface area contributed by atoms with Crippen LogP contribution in [0.1, 0.15) is 49.4 Å². The summed E-state index contributed by atoms with van der Waals surface area (Å²) in [7, 11) is 0. The highest BCUT2D eigenvalue weighted by molar-refractivity contribution is 5.67. The fraction of sp³-hybridized carbons (Fsp3) is 0.562. The molecule has 0 spiro atoms. The van der Waals surface area contributed by atoms with Gasteiger partial charge in [-0.15, -0.1) is 0 Å². The molecule has 0 radical (unpaired) electrons. The molecule has 0 aromatic heterocycles. The molecule has 0 fully saturated rings. The second-order valence-corrected chi connectivity index (χ2v) is 5.96. The normalized spacial score (nSPS) is 13.4. The van der Waals surface area contributed by atoms with Crippen molar-refractivity contribution in [3.05, 3.63) is 34.4 Å². The lowest BCUT2D eigenvalue weighted by Crippen LogP contribution is -2.28. The fourth-order valence-corrected chi connectivity index (χ4v) is 2.21. The van der Waals surface area contributed by atoms with Gasteiger partial charge in [-0.05, 0) is 54.4 Å². The lowest BCUT2D eigenvalue weighted by molar-refractivity contribution is -0.138. The van der Waals surface area contributed by atoms with Crippen molar-refractivity contribution < 1.29 is 9.90 Å². The van der Waals surface area contributed by atoms with Gasteiger partial charge in [0.25, 0.3) is 0 Å². The molecule has 0 aliphatic rings. The van der Waals surface area contributed by atoms with Crippen molar-refractivity contribution >= 4 is 5.97 Å². The zero-order valence-electron chi connectivity index (χ0n) is 12.3. The van der Waals surface area contributed by atoms with Crippen molar-refractivity contribution in [3.8, 4) is 0 Å². The first-order chi connectivity index (χ1) is 8.16. The van der Waals surface area contributed by atoms with E-state index in [9.17, 15) is 4.79 Å². The Bertz CT molecular complexity index is 435. The molecule has 0 saturated heterocycles. The van der Waals surface area contributed by atoms with E-state index < -0.39 is 5.97 Å². The Balaban J connectivity index is 3.15. The van der Waals surface area contributed by atoms with Gasteiger partial charge in [-0.2, -0.15) is 0 Å². The van der Waals surface area contributed by atoms with Gasteiger partial charge in [0.05, 0.1) is 0 Å². The topological polar surface area (TPSA) is 37.3 Å². The summed E-state index contributed by atoms with van der Waals surface area (Å²) in [5.41, 5.74) is 4.99. The molecule has 0 aliphatic heterocycles. The van der Waals surface area contributed by atoms with Crippen LogP contribution >= 0.6 is 0 Å². The molecule has 0 bridgehead atoms. The molecule has 0 amide bonds. The Kier molecular flexibility index (Phi) is 4.20. The molecule has 0 aliphatic carbocycles. The molecule has 2 nitrogen and oxygen atoms in total. The number of hydrogen-bond acceptors (Lipinski definition) is 1. The van der Waals surface area contributed by atoms with E-state index in [1.807, 2.05) is 6.92 Å².